The number of rotatable bonds is 0. The lowest BCUT2D eigenvalue weighted by atomic mass is 9.91. The maximum absolute atomic E-state index is 11.0. The van der Waals surface area contributed by atoms with Crippen LogP contribution < -0.4 is 0 Å². The molecule has 0 aromatic rings. The molecule has 1 unspecified atom stereocenters. The Morgan fingerprint density at radius 3 is 2.30 bits per heavy atom. The Labute approximate surface area is 60.6 Å². The molecular weight excluding hydrogens is 130 g/mol. The molecule has 1 amide bonds. The van der Waals surface area contributed by atoms with Crippen molar-refractivity contribution in [3.8, 4) is 0 Å². The van der Waals surface area contributed by atoms with Gasteiger partial charge in [0.15, 0.2) is 0 Å². The molecule has 0 bridgehead atoms. The van der Waals surface area contributed by atoms with Crippen LogP contribution in [0.3, 0.4) is 0 Å². The molecule has 1 atom stereocenters. The van der Waals surface area contributed by atoms with E-state index in [4.69, 9.17) is 0 Å². The first kappa shape index (κ1) is 7.54. The van der Waals surface area contributed by atoms with Crippen molar-refractivity contribution < 1.29 is 9.90 Å². The fraction of sp³-hybridized carbons (Fsp3) is 0.857. The van der Waals surface area contributed by atoms with E-state index in [9.17, 15) is 9.90 Å². The average molecular weight is 143 g/mol. The molecule has 1 aliphatic rings. The Bertz CT molecular complexity index is 165. The smallest absolute Gasteiger partial charge is 0.225 e. The predicted octanol–water partition coefficient (Wildman–Crippen LogP) is 0.193. The van der Waals surface area contributed by atoms with E-state index in [-0.39, 0.29) is 11.3 Å². The topological polar surface area (TPSA) is 40.5 Å². The second-order valence-electron chi connectivity index (χ2n) is 3.54. The molecule has 0 radical (unpaired) electrons. The zero-order chi connectivity index (χ0) is 7.94. The number of aliphatic hydroxyl groups is 1. The molecule has 3 heteroatoms. The van der Waals surface area contributed by atoms with Gasteiger partial charge in [0, 0.05) is 18.9 Å². The summed E-state index contributed by atoms with van der Waals surface area (Å²) in [6.07, 6.45) is -0.162. The highest BCUT2D eigenvalue weighted by Gasteiger charge is 2.42. The number of carbonyl (C=O) groups excluding carboxylic acids is 1. The van der Waals surface area contributed by atoms with Gasteiger partial charge in [0.1, 0.15) is 6.23 Å². The molecule has 0 aromatic heterocycles. The number of carbonyl (C=O) groups is 1. The van der Waals surface area contributed by atoms with Crippen LogP contribution in [-0.4, -0.2) is 29.2 Å². The highest BCUT2D eigenvalue weighted by molar-refractivity contribution is 5.79. The minimum atomic E-state index is -0.611. The summed E-state index contributed by atoms with van der Waals surface area (Å²) in [6.45, 7) is 3.78. The van der Waals surface area contributed by atoms with Crippen LogP contribution in [0.25, 0.3) is 0 Å². The van der Waals surface area contributed by atoms with Gasteiger partial charge in [-0.2, -0.15) is 0 Å². The Kier molecular flexibility index (Phi) is 1.47. The fourth-order valence-electron chi connectivity index (χ4n) is 1.27. The maximum atomic E-state index is 11.0. The zero-order valence-corrected chi connectivity index (χ0v) is 6.59. The van der Waals surface area contributed by atoms with Gasteiger partial charge in [-0.15, -0.1) is 0 Å². The number of nitrogens with zero attached hydrogens (tertiary/aromatic N) is 1. The molecule has 1 saturated heterocycles. The Hall–Kier alpha value is -0.570. The molecule has 0 spiro atoms. The third-order valence-corrected chi connectivity index (χ3v) is 2.07. The van der Waals surface area contributed by atoms with Crippen molar-refractivity contribution >= 4 is 5.91 Å². The molecule has 0 saturated carbocycles. The van der Waals surface area contributed by atoms with Crippen LogP contribution in [0.1, 0.15) is 20.3 Å². The quantitative estimate of drug-likeness (QED) is 0.526. The highest BCUT2D eigenvalue weighted by Crippen LogP contribution is 2.33. The van der Waals surface area contributed by atoms with Crippen molar-refractivity contribution in [3.63, 3.8) is 0 Å². The normalized spacial score (nSPS) is 31.4. The number of amides is 1. The van der Waals surface area contributed by atoms with Gasteiger partial charge in [-0.3, -0.25) is 4.79 Å². The summed E-state index contributed by atoms with van der Waals surface area (Å²) in [4.78, 5) is 12.4. The van der Waals surface area contributed by atoms with Gasteiger partial charge < -0.3 is 10.0 Å². The minimum absolute atomic E-state index is 0.0255. The van der Waals surface area contributed by atoms with Crippen molar-refractivity contribution in [2.75, 3.05) is 7.05 Å². The average Bonchev–Trinajstić information content (AvgIpc) is 1.95. The van der Waals surface area contributed by atoms with E-state index in [0.29, 0.717) is 6.42 Å². The molecule has 0 aliphatic carbocycles. The van der Waals surface area contributed by atoms with Gasteiger partial charge in [-0.1, -0.05) is 13.8 Å². The van der Waals surface area contributed by atoms with Crippen LogP contribution in [0, 0.1) is 5.41 Å². The Morgan fingerprint density at radius 2 is 2.20 bits per heavy atom. The largest absolute Gasteiger partial charge is 0.373 e. The number of likely N-dealkylation sites (tertiary alicyclic amines) is 1. The van der Waals surface area contributed by atoms with Crippen molar-refractivity contribution in [2.24, 2.45) is 5.41 Å². The molecule has 1 N–H and O–H groups in total. The van der Waals surface area contributed by atoms with E-state index in [0.717, 1.165) is 0 Å². The number of aliphatic hydroxyl groups excluding tert-OH is 1. The van der Waals surface area contributed by atoms with Crippen LogP contribution in [0.5, 0.6) is 0 Å². The molecule has 3 nitrogen and oxygen atoms in total. The molecule has 10 heavy (non-hydrogen) atoms. The van der Waals surface area contributed by atoms with Crippen molar-refractivity contribution in [1.29, 1.82) is 0 Å². The lowest BCUT2D eigenvalue weighted by Crippen LogP contribution is -2.34. The summed E-state index contributed by atoms with van der Waals surface area (Å²) in [7, 11) is 1.63. The van der Waals surface area contributed by atoms with Gasteiger partial charge in [0.25, 0.3) is 0 Å². The van der Waals surface area contributed by atoms with Crippen molar-refractivity contribution in [1.82, 2.24) is 4.90 Å². The van der Waals surface area contributed by atoms with E-state index in [1.807, 2.05) is 13.8 Å². The summed E-state index contributed by atoms with van der Waals surface area (Å²) >= 11 is 0. The Balaban J connectivity index is 2.81. The van der Waals surface area contributed by atoms with E-state index < -0.39 is 6.23 Å². The highest BCUT2D eigenvalue weighted by atomic mass is 16.3. The molecule has 1 heterocycles. The van der Waals surface area contributed by atoms with Crippen LogP contribution in [0.4, 0.5) is 0 Å². The van der Waals surface area contributed by atoms with E-state index >= 15 is 0 Å². The van der Waals surface area contributed by atoms with Crippen molar-refractivity contribution in [3.05, 3.63) is 0 Å². The molecule has 1 fully saturated rings. The van der Waals surface area contributed by atoms with E-state index in [2.05, 4.69) is 0 Å². The zero-order valence-electron chi connectivity index (χ0n) is 6.59. The van der Waals surface area contributed by atoms with Gasteiger partial charge >= 0.3 is 0 Å². The van der Waals surface area contributed by atoms with Crippen LogP contribution in [-0.2, 0) is 4.79 Å². The number of hydrogen-bond acceptors (Lipinski definition) is 2. The molecule has 0 aromatic carbocycles. The second kappa shape index (κ2) is 1.95. The molecular formula is C7H13NO2. The van der Waals surface area contributed by atoms with Gasteiger partial charge in [-0.25, -0.2) is 0 Å². The maximum Gasteiger partial charge on any atom is 0.225 e. The van der Waals surface area contributed by atoms with E-state index in [1.165, 1.54) is 4.90 Å². The first-order valence-corrected chi connectivity index (χ1v) is 3.39. The van der Waals surface area contributed by atoms with Gasteiger partial charge in [0.05, 0.1) is 0 Å². The summed E-state index contributed by atoms with van der Waals surface area (Å²) in [5.74, 6) is 0.0255. The fourth-order valence-corrected chi connectivity index (χ4v) is 1.27. The SMILES string of the molecule is CN1C(=O)CC(C)(C)C1O. The summed E-state index contributed by atoms with van der Waals surface area (Å²) in [5, 5.41) is 9.40. The van der Waals surface area contributed by atoms with Gasteiger partial charge in [-0.05, 0) is 0 Å². The third-order valence-electron chi connectivity index (χ3n) is 2.07. The van der Waals surface area contributed by atoms with Crippen LogP contribution in [0.2, 0.25) is 0 Å². The third kappa shape index (κ3) is 0.904. The Morgan fingerprint density at radius 1 is 1.70 bits per heavy atom. The standard InChI is InChI=1S/C7H13NO2/c1-7(2)4-5(9)8(3)6(7)10/h6,10H,4H2,1-3H3. The lowest BCUT2D eigenvalue weighted by molar-refractivity contribution is -0.131. The second-order valence-corrected chi connectivity index (χ2v) is 3.54. The summed E-state index contributed by atoms with van der Waals surface area (Å²) in [5.41, 5.74) is -0.272. The van der Waals surface area contributed by atoms with Crippen LogP contribution >= 0.6 is 0 Å². The molecule has 1 aliphatic heterocycles. The first-order valence-electron chi connectivity index (χ1n) is 3.39. The molecule has 1 rings (SSSR count). The predicted molar refractivity (Wildman–Crippen MR) is 37.2 cm³/mol. The monoisotopic (exact) mass is 143 g/mol. The summed E-state index contributed by atoms with van der Waals surface area (Å²) in [6, 6.07) is 0. The van der Waals surface area contributed by atoms with Gasteiger partial charge in [0.2, 0.25) is 5.91 Å². The minimum Gasteiger partial charge on any atom is -0.373 e. The first-order chi connectivity index (χ1) is 4.45. The van der Waals surface area contributed by atoms with Crippen molar-refractivity contribution in [2.45, 2.75) is 26.5 Å². The van der Waals surface area contributed by atoms with E-state index in [1.54, 1.807) is 7.05 Å². The summed E-state index contributed by atoms with van der Waals surface area (Å²) < 4.78 is 0. The lowest BCUT2D eigenvalue weighted by Gasteiger charge is -2.24. The number of hydrogen-bond donors (Lipinski definition) is 1. The molecule has 58 valence electrons. The van der Waals surface area contributed by atoms with Crippen LogP contribution in [0.15, 0.2) is 0 Å².